The van der Waals surface area contributed by atoms with Gasteiger partial charge in [-0.3, -0.25) is 4.79 Å². The monoisotopic (exact) mass is 309 g/mol. The quantitative estimate of drug-likeness (QED) is 0.871. The number of nitrogens with zero attached hydrogens (tertiary/aromatic N) is 3. The third kappa shape index (κ3) is 2.33. The number of carbonyl (C=O) groups excluding carboxylic acids is 1. The molecule has 1 aliphatic heterocycles. The highest BCUT2D eigenvalue weighted by Gasteiger charge is 2.35. The number of amides is 1. The Labute approximate surface area is 137 Å². The zero-order valence-electron chi connectivity index (χ0n) is 13.8. The van der Waals surface area contributed by atoms with E-state index in [-0.39, 0.29) is 5.91 Å². The summed E-state index contributed by atoms with van der Waals surface area (Å²) in [6, 6.07) is 11.0. The van der Waals surface area contributed by atoms with E-state index in [4.69, 9.17) is 0 Å². The minimum Gasteiger partial charge on any atom is -0.365 e. The highest BCUT2D eigenvalue weighted by Crippen LogP contribution is 2.40. The summed E-state index contributed by atoms with van der Waals surface area (Å²) in [7, 11) is 2.01. The van der Waals surface area contributed by atoms with Crippen molar-refractivity contribution in [3.05, 3.63) is 47.8 Å². The first-order valence-electron chi connectivity index (χ1n) is 8.52. The first-order valence-corrected chi connectivity index (χ1v) is 8.52. The number of aromatic nitrogens is 1. The second-order valence-electron chi connectivity index (χ2n) is 6.51. The maximum Gasteiger partial charge on any atom is 0.260 e. The molecule has 1 aliphatic carbocycles. The van der Waals surface area contributed by atoms with Crippen LogP contribution in [0.15, 0.2) is 36.5 Å². The first-order chi connectivity index (χ1) is 11.2. The molecule has 4 nitrogen and oxygen atoms in total. The molecule has 1 fully saturated rings. The van der Waals surface area contributed by atoms with E-state index < -0.39 is 0 Å². The molecular formula is C19H23N3O. The van der Waals surface area contributed by atoms with Crippen molar-refractivity contribution >= 4 is 17.3 Å². The molecule has 1 amide bonds. The Morgan fingerprint density at radius 1 is 1.13 bits per heavy atom. The molecule has 0 radical (unpaired) electrons. The van der Waals surface area contributed by atoms with Crippen molar-refractivity contribution in [1.82, 2.24) is 4.57 Å². The molecule has 0 saturated heterocycles. The summed E-state index contributed by atoms with van der Waals surface area (Å²) >= 11 is 0. The van der Waals surface area contributed by atoms with Crippen LogP contribution in [0, 0.1) is 0 Å². The van der Waals surface area contributed by atoms with Gasteiger partial charge in [-0.15, -0.1) is 0 Å². The number of benzene rings is 1. The fourth-order valence-corrected chi connectivity index (χ4v) is 3.70. The van der Waals surface area contributed by atoms with Gasteiger partial charge in [0.1, 0.15) is 0 Å². The van der Waals surface area contributed by atoms with Gasteiger partial charge in [0, 0.05) is 38.1 Å². The maximum atomic E-state index is 13.1. The number of hydrogen-bond donors (Lipinski definition) is 0. The summed E-state index contributed by atoms with van der Waals surface area (Å²) in [4.78, 5) is 17.6. The van der Waals surface area contributed by atoms with E-state index >= 15 is 0 Å². The Balaban J connectivity index is 1.71. The normalized spacial score (nSPS) is 17.3. The topological polar surface area (TPSA) is 28.5 Å². The van der Waals surface area contributed by atoms with E-state index in [0.29, 0.717) is 6.04 Å². The third-order valence-corrected chi connectivity index (χ3v) is 5.05. The van der Waals surface area contributed by atoms with Crippen molar-refractivity contribution in [3.8, 4) is 0 Å². The van der Waals surface area contributed by atoms with Crippen molar-refractivity contribution in [2.75, 3.05) is 22.9 Å². The molecule has 0 atom stereocenters. The van der Waals surface area contributed by atoms with E-state index in [2.05, 4.69) is 34.6 Å². The third-order valence-electron chi connectivity index (χ3n) is 5.05. The van der Waals surface area contributed by atoms with Gasteiger partial charge in [0.2, 0.25) is 0 Å². The Morgan fingerprint density at radius 2 is 1.87 bits per heavy atom. The fraction of sp³-hybridized carbons (Fsp3) is 0.421. The predicted molar refractivity (Wildman–Crippen MR) is 93.3 cm³/mol. The van der Waals surface area contributed by atoms with Gasteiger partial charge >= 0.3 is 0 Å². The number of anilines is 2. The predicted octanol–water partition coefficient (Wildman–Crippen LogP) is 3.22. The molecule has 0 bridgehead atoms. The van der Waals surface area contributed by atoms with Gasteiger partial charge in [-0.05, 0) is 37.5 Å². The van der Waals surface area contributed by atoms with Crippen LogP contribution in [0.25, 0.3) is 0 Å². The van der Waals surface area contributed by atoms with Crippen LogP contribution < -0.4 is 9.80 Å². The number of aryl methyl sites for hydroxylation is 1. The lowest BCUT2D eigenvalue weighted by molar-refractivity contribution is 0.0985. The van der Waals surface area contributed by atoms with Gasteiger partial charge in [-0.1, -0.05) is 19.1 Å². The molecule has 1 aromatic heterocycles. The van der Waals surface area contributed by atoms with Gasteiger partial charge in [0.15, 0.2) is 0 Å². The van der Waals surface area contributed by atoms with Crippen LogP contribution >= 0.6 is 0 Å². The van der Waals surface area contributed by atoms with Crippen molar-refractivity contribution in [2.24, 2.45) is 7.05 Å². The summed E-state index contributed by atoms with van der Waals surface area (Å²) in [5.41, 5.74) is 4.21. The smallest absolute Gasteiger partial charge is 0.260 e. The van der Waals surface area contributed by atoms with Crippen LogP contribution in [-0.4, -0.2) is 29.6 Å². The molecule has 1 saturated carbocycles. The molecule has 2 aromatic rings. The van der Waals surface area contributed by atoms with Crippen LogP contribution in [0.3, 0.4) is 0 Å². The lowest BCUT2D eigenvalue weighted by Gasteiger charge is -2.38. The molecule has 0 spiro atoms. The van der Waals surface area contributed by atoms with Crippen molar-refractivity contribution in [3.63, 3.8) is 0 Å². The average molecular weight is 309 g/mol. The lowest BCUT2D eigenvalue weighted by Crippen LogP contribution is -2.45. The fourth-order valence-electron chi connectivity index (χ4n) is 3.70. The first kappa shape index (κ1) is 14.4. The SMILES string of the molecule is CCc1c(C(=O)N2CCN(C3CC3)c3ccccc32)ccn1C. The Bertz CT molecular complexity index is 745. The second kappa shape index (κ2) is 5.44. The van der Waals surface area contributed by atoms with Crippen LogP contribution in [0.5, 0.6) is 0 Å². The van der Waals surface area contributed by atoms with E-state index in [1.165, 1.54) is 18.5 Å². The number of carbonyl (C=O) groups is 1. The summed E-state index contributed by atoms with van der Waals surface area (Å²) in [5.74, 6) is 0.130. The number of fused-ring (bicyclic) bond motifs is 1. The van der Waals surface area contributed by atoms with Gasteiger partial charge in [0.25, 0.3) is 5.91 Å². The average Bonchev–Trinajstić information content (AvgIpc) is 3.35. The Morgan fingerprint density at radius 3 is 2.57 bits per heavy atom. The van der Waals surface area contributed by atoms with E-state index in [9.17, 15) is 4.79 Å². The van der Waals surface area contributed by atoms with Crippen LogP contribution in [0.4, 0.5) is 11.4 Å². The molecule has 23 heavy (non-hydrogen) atoms. The standard InChI is InChI=1S/C19H23N3O/c1-3-16-15(10-11-20(16)2)19(23)22-13-12-21(14-8-9-14)17-6-4-5-7-18(17)22/h4-7,10-11,14H,3,8-9,12-13H2,1-2H3. The van der Waals surface area contributed by atoms with E-state index in [0.717, 1.165) is 36.5 Å². The summed E-state index contributed by atoms with van der Waals surface area (Å²) in [6.07, 6.45) is 5.41. The zero-order chi connectivity index (χ0) is 16.0. The van der Waals surface area contributed by atoms with Crippen molar-refractivity contribution in [2.45, 2.75) is 32.2 Å². The van der Waals surface area contributed by atoms with Crippen molar-refractivity contribution in [1.29, 1.82) is 0 Å². The Hall–Kier alpha value is -2.23. The number of hydrogen-bond acceptors (Lipinski definition) is 2. The minimum absolute atomic E-state index is 0.130. The molecular weight excluding hydrogens is 286 g/mol. The highest BCUT2D eigenvalue weighted by atomic mass is 16.2. The van der Waals surface area contributed by atoms with Crippen LogP contribution in [0.1, 0.15) is 35.8 Å². The van der Waals surface area contributed by atoms with Crippen LogP contribution in [-0.2, 0) is 13.5 Å². The molecule has 4 rings (SSSR count). The largest absolute Gasteiger partial charge is 0.365 e. The summed E-state index contributed by atoms with van der Waals surface area (Å²) < 4.78 is 2.06. The second-order valence-corrected chi connectivity index (χ2v) is 6.51. The minimum atomic E-state index is 0.130. The molecule has 2 aliphatic rings. The molecule has 0 unspecified atom stereocenters. The molecule has 0 N–H and O–H groups in total. The van der Waals surface area contributed by atoms with Gasteiger partial charge < -0.3 is 14.4 Å². The molecule has 120 valence electrons. The summed E-state index contributed by atoms with van der Waals surface area (Å²) in [5, 5.41) is 0. The van der Waals surface area contributed by atoms with Crippen molar-refractivity contribution < 1.29 is 4.79 Å². The van der Waals surface area contributed by atoms with Gasteiger partial charge in [0.05, 0.1) is 16.9 Å². The van der Waals surface area contributed by atoms with Crippen LogP contribution in [0.2, 0.25) is 0 Å². The molecule has 4 heteroatoms. The van der Waals surface area contributed by atoms with E-state index in [1.807, 2.05) is 30.3 Å². The number of rotatable bonds is 3. The number of para-hydroxylation sites is 2. The zero-order valence-corrected chi connectivity index (χ0v) is 13.8. The van der Waals surface area contributed by atoms with Gasteiger partial charge in [-0.2, -0.15) is 0 Å². The molecule has 1 aromatic carbocycles. The lowest BCUT2D eigenvalue weighted by atomic mass is 10.1. The van der Waals surface area contributed by atoms with Gasteiger partial charge in [-0.25, -0.2) is 0 Å². The Kier molecular flexibility index (Phi) is 3.40. The van der Waals surface area contributed by atoms with E-state index in [1.54, 1.807) is 0 Å². The molecule has 2 heterocycles. The highest BCUT2D eigenvalue weighted by molar-refractivity contribution is 6.09. The summed E-state index contributed by atoms with van der Waals surface area (Å²) in [6.45, 7) is 3.80. The maximum absolute atomic E-state index is 13.1.